The van der Waals surface area contributed by atoms with Gasteiger partial charge in [-0.15, -0.1) is 11.3 Å². The fourth-order valence-electron chi connectivity index (χ4n) is 3.24. The lowest BCUT2D eigenvalue weighted by Crippen LogP contribution is -2.45. The van der Waals surface area contributed by atoms with Gasteiger partial charge in [0.25, 0.3) is 0 Å². The van der Waals surface area contributed by atoms with Crippen molar-refractivity contribution in [3.8, 4) is 0 Å². The van der Waals surface area contributed by atoms with Crippen LogP contribution < -0.4 is 0 Å². The number of carbonyl (C=O) groups excluding carboxylic acids is 1. The van der Waals surface area contributed by atoms with Gasteiger partial charge in [0.1, 0.15) is 0 Å². The minimum Gasteiger partial charge on any atom is -0.380 e. The van der Waals surface area contributed by atoms with E-state index in [1.54, 1.807) is 10.4 Å². The molecule has 0 unspecified atom stereocenters. The molecule has 122 valence electrons. The van der Waals surface area contributed by atoms with E-state index in [1.165, 1.54) is 11.3 Å². The van der Waals surface area contributed by atoms with E-state index >= 15 is 0 Å². The molecule has 0 radical (unpaired) electrons. The van der Waals surface area contributed by atoms with Crippen LogP contribution in [0.3, 0.4) is 0 Å². The standard InChI is InChI=1S/C15H21NO4S2/c17-14(15-6-3-9-21-15)10-12-4-1-7-16(12)22(18,19)13-5-2-8-20-11-13/h3,6,9,12-13H,1-2,4-5,7-8,10-11H2/t12-,13-/m0/s1. The summed E-state index contributed by atoms with van der Waals surface area (Å²) in [7, 11) is -3.37. The number of Topliss-reactive ketones (excluding diaryl/α,β-unsaturated/α-hetero) is 1. The van der Waals surface area contributed by atoms with Gasteiger partial charge >= 0.3 is 0 Å². The molecule has 0 amide bonds. The summed E-state index contributed by atoms with van der Waals surface area (Å²) >= 11 is 1.41. The van der Waals surface area contributed by atoms with E-state index < -0.39 is 15.3 Å². The van der Waals surface area contributed by atoms with Gasteiger partial charge < -0.3 is 4.74 Å². The van der Waals surface area contributed by atoms with Crippen LogP contribution in [-0.2, 0) is 14.8 Å². The average molecular weight is 343 g/mol. The van der Waals surface area contributed by atoms with Crippen molar-refractivity contribution in [3.63, 3.8) is 0 Å². The van der Waals surface area contributed by atoms with Crippen LogP contribution in [0.25, 0.3) is 0 Å². The van der Waals surface area contributed by atoms with Gasteiger partial charge in [-0.2, -0.15) is 4.31 Å². The molecule has 7 heteroatoms. The highest BCUT2D eigenvalue weighted by atomic mass is 32.2. The van der Waals surface area contributed by atoms with Gasteiger partial charge in [0.15, 0.2) is 5.78 Å². The third kappa shape index (κ3) is 3.27. The van der Waals surface area contributed by atoms with Crippen LogP contribution >= 0.6 is 11.3 Å². The molecule has 2 fully saturated rings. The predicted octanol–water partition coefficient (Wildman–Crippen LogP) is 2.29. The molecule has 0 aromatic carbocycles. The van der Waals surface area contributed by atoms with Gasteiger partial charge in [-0.1, -0.05) is 6.07 Å². The second kappa shape index (κ2) is 6.78. The van der Waals surface area contributed by atoms with Gasteiger partial charge in [-0.25, -0.2) is 8.42 Å². The number of hydrogen-bond acceptors (Lipinski definition) is 5. The van der Waals surface area contributed by atoms with Gasteiger partial charge in [0, 0.05) is 25.6 Å². The molecule has 3 rings (SSSR count). The first-order chi connectivity index (χ1) is 10.6. The molecule has 5 nitrogen and oxygen atoms in total. The van der Waals surface area contributed by atoms with Crippen molar-refractivity contribution in [2.75, 3.05) is 19.8 Å². The normalized spacial score (nSPS) is 27.1. The molecule has 0 saturated carbocycles. The van der Waals surface area contributed by atoms with Crippen molar-refractivity contribution in [2.45, 2.75) is 43.4 Å². The third-order valence-corrected chi connectivity index (χ3v) is 7.67. The van der Waals surface area contributed by atoms with Crippen LogP contribution in [0.15, 0.2) is 17.5 Å². The molecule has 3 heterocycles. The van der Waals surface area contributed by atoms with E-state index in [0.29, 0.717) is 24.4 Å². The van der Waals surface area contributed by atoms with E-state index in [9.17, 15) is 13.2 Å². The van der Waals surface area contributed by atoms with Crippen molar-refractivity contribution >= 4 is 27.1 Å². The number of rotatable bonds is 5. The fourth-order valence-corrected chi connectivity index (χ4v) is 6.01. The molecule has 2 saturated heterocycles. The van der Waals surface area contributed by atoms with E-state index in [0.717, 1.165) is 19.3 Å². The Bertz CT molecular complexity index is 605. The lowest BCUT2D eigenvalue weighted by Gasteiger charge is -2.30. The largest absolute Gasteiger partial charge is 0.380 e. The molecule has 2 atom stereocenters. The molecular weight excluding hydrogens is 322 g/mol. The third-order valence-electron chi connectivity index (χ3n) is 4.41. The summed E-state index contributed by atoms with van der Waals surface area (Å²) in [6, 6.07) is 3.46. The number of hydrogen-bond donors (Lipinski definition) is 0. The van der Waals surface area contributed by atoms with Crippen LogP contribution in [0.2, 0.25) is 0 Å². The number of thiophene rings is 1. The first kappa shape index (κ1) is 16.1. The van der Waals surface area contributed by atoms with Crippen LogP contribution in [0.1, 0.15) is 41.8 Å². The second-order valence-electron chi connectivity index (χ2n) is 5.90. The molecule has 22 heavy (non-hydrogen) atoms. The molecule has 1 aromatic heterocycles. The summed E-state index contributed by atoms with van der Waals surface area (Å²) in [6.07, 6.45) is 3.33. The Labute approximate surface area is 135 Å². The van der Waals surface area contributed by atoms with Crippen molar-refractivity contribution in [3.05, 3.63) is 22.4 Å². The summed E-state index contributed by atoms with van der Waals surface area (Å²) < 4.78 is 32.5. The quantitative estimate of drug-likeness (QED) is 0.770. The van der Waals surface area contributed by atoms with Crippen molar-refractivity contribution in [2.24, 2.45) is 0 Å². The lowest BCUT2D eigenvalue weighted by molar-refractivity contribution is 0.0948. The van der Waals surface area contributed by atoms with E-state index in [2.05, 4.69) is 0 Å². The van der Waals surface area contributed by atoms with Gasteiger partial charge in [0.2, 0.25) is 10.0 Å². The summed E-state index contributed by atoms with van der Waals surface area (Å²) in [5.41, 5.74) is 0. The summed E-state index contributed by atoms with van der Waals surface area (Å²) in [6.45, 7) is 1.46. The maximum Gasteiger partial charge on any atom is 0.219 e. The van der Waals surface area contributed by atoms with Crippen LogP contribution in [0.5, 0.6) is 0 Å². The number of ketones is 1. The molecule has 0 spiro atoms. The maximum atomic E-state index is 12.8. The minimum absolute atomic E-state index is 0.0435. The molecule has 2 aliphatic heterocycles. The molecule has 0 aliphatic carbocycles. The van der Waals surface area contributed by atoms with Crippen molar-refractivity contribution in [1.82, 2.24) is 4.31 Å². The summed E-state index contributed by atoms with van der Waals surface area (Å²) in [5.74, 6) is 0.0435. The average Bonchev–Trinajstić information content (AvgIpc) is 3.19. The Morgan fingerprint density at radius 2 is 2.23 bits per heavy atom. The zero-order valence-electron chi connectivity index (χ0n) is 12.4. The van der Waals surface area contributed by atoms with Crippen LogP contribution in [-0.4, -0.2) is 49.6 Å². The number of ether oxygens (including phenoxy) is 1. The van der Waals surface area contributed by atoms with Crippen molar-refractivity contribution in [1.29, 1.82) is 0 Å². The first-order valence-corrected chi connectivity index (χ1v) is 10.1. The minimum atomic E-state index is -3.37. The molecule has 1 aromatic rings. The lowest BCUT2D eigenvalue weighted by atomic mass is 10.1. The SMILES string of the molecule is O=C(C[C@@H]1CCCN1S(=O)(=O)[C@H]1CCCOC1)c1cccs1. The smallest absolute Gasteiger partial charge is 0.219 e. The molecule has 0 bridgehead atoms. The Balaban J connectivity index is 1.71. The van der Waals surface area contributed by atoms with E-state index in [1.807, 2.05) is 11.4 Å². The highest BCUT2D eigenvalue weighted by molar-refractivity contribution is 7.89. The number of nitrogens with zero attached hydrogens (tertiary/aromatic N) is 1. The molecule has 0 N–H and O–H groups in total. The Morgan fingerprint density at radius 3 is 2.91 bits per heavy atom. The zero-order valence-corrected chi connectivity index (χ0v) is 14.1. The first-order valence-electron chi connectivity index (χ1n) is 7.74. The summed E-state index contributed by atoms with van der Waals surface area (Å²) in [5, 5.41) is 1.43. The number of carbonyl (C=O) groups is 1. The maximum absolute atomic E-state index is 12.8. The van der Waals surface area contributed by atoms with Crippen molar-refractivity contribution < 1.29 is 17.9 Å². The highest BCUT2D eigenvalue weighted by Gasteiger charge is 2.40. The monoisotopic (exact) mass is 343 g/mol. The van der Waals surface area contributed by atoms with Crippen LogP contribution in [0, 0.1) is 0 Å². The zero-order chi connectivity index (χ0) is 15.6. The van der Waals surface area contributed by atoms with Crippen LogP contribution in [0.4, 0.5) is 0 Å². The Morgan fingerprint density at radius 1 is 1.36 bits per heavy atom. The molecule has 2 aliphatic rings. The Hall–Kier alpha value is -0.760. The van der Waals surface area contributed by atoms with Gasteiger partial charge in [-0.3, -0.25) is 4.79 Å². The fraction of sp³-hybridized carbons (Fsp3) is 0.667. The van der Waals surface area contributed by atoms with Gasteiger partial charge in [0.05, 0.1) is 16.7 Å². The number of sulfonamides is 1. The van der Waals surface area contributed by atoms with E-state index in [-0.39, 0.29) is 24.9 Å². The Kier molecular flexibility index (Phi) is 4.97. The van der Waals surface area contributed by atoms with E-state index in [4.69, 9.17) is 4.74 Å². The predicted molar refractivity (Wildman–Crippen MR) is 85.8 cm³/mol. The second-order valence-corrected chi connectivity index (χ2v) is 9.01. The van der Waals surface area contributed by atoms with Gasteiger partial charge in [-0.05, 0) is 37.1 Å². The molecular formula is C15H21NO4S2. The topological polar surface area (TPSA) is 63.7 Å². The summed E-state index contributed by atoms with van der Waals surface area (Å²) in [4.78, 5) is 13.0. The highest BCUT2D eigenvalue weighted by Crippen LogP contribution is 2.29.